The van der Waals surface area contributed by atoms with Crippen molar-refractivity contribution < 1.29 is 19.8 Å². The maximum absolute atomic E-state index is 11.1. The molecule has 0 aliphatic heterocycles. The molecular weight excluding hydrogens is 240 g/mol. The van der Waals surface area contributed by atoms with Crippen LogP contribution in [0.4, 0.5) is 0 Å². The quantitative estimate of drug-likeness (QED) is 0.412. The molecule has 0 spiro atoms. The van der Waals surface area contributed by atoms with Crippen LogP contribution in [-0.4, -0.2) is 50.2 Å². The van der Waals surface area contributed by atoms with Crippen LogP contribution in [0.3, 0.4) is 0 Å². The van der Waals surface area contributed by atoms with Crippen molar-refractivity contribution in [3.63, 3.8) is 0 Å². The predicted molar refractivity (Wildman–Crippen MR) is 61.9 cm³/mol. The van der Waals surface area contributed by atoms with E-state index in [1.807, 2.05) is 0 Å². The van der Waals surface area contributed by atoms with Crippen LogP contribution in [0.5, 0.6) is 0 Å². The van der Waals surface area contributed by atoms with Gasteiger partial charge in [-0.1, -0.05) is 0 Å². The number of nitrogens with two attached hydrogens (primary N) is 1. The Morgan fingerprint density at radius 2 is 2.17 bits per heavy atom. The molecule has 0 aliphatic carbocycles. The molecule has 1 aromatic heterocycles. The molecular formula is C10H16N4O4. The maximum Gasteiger partial charge on any atom is 0.322 e. The van der Waals surface area contributed by atoms with Crippen LogP contribution in [0, 0.1) is 0 Å². The van der Waals surface area contributed by atoms with E-state index in [1.165, 1.54) is 13.3 Å². The summed E-state index contributed by atoms with van der Waals surface area (Å²) in [6, 6.07) is -2.76. The Hall–Kier alpha value is -1.93. The highest BCUT2D eigenvalue weighted by Gasteiger charge is 2.26. The number of carboxylic acid groups (broad SMARTS) is 2. The molecule has 3 atom stereocenters. The smallest absolute Gasteiger partial charge is 0.322 e. The molecule has 0 radical (unpaired) electrons. The van der Waals surface area contributed by atoms with Crippen molar-refractivity contribution in [2.24, 2.45) is 5.73 Å². The van der Waals surface area contributed by atoms with Gasteiger partial charge in [-0.25, -0.2) is 4.98 Å². The molecule has 8 heteroatoms. The zero-order valence-electron chi connectivity index (χ0n) is 9.83. The molecule has 100 valence electrons. The van der Waals surface area contributed by atoms with Gasteiger partial charge >= 0.3 is 11.9 Å². The van der Waals surface area contributed by atoms with E-state index in [4.69, 9.17) is 15.9 Å². The third-order valence-corrected chi connectivity index (χ3v) is 2.55. The monoisotopic (exact) mass is 256 g/mol. The first kappa shape index (κ1) is 14.1. The molecule has 0 amide bonds. The lowest BCUT2D eigenvalue weighted by Gasteiger charge is -2.22. The fourth-order valence-corrected chi connectivity index (χ4v) is 1.46. The lowest BCUT2D eigenvalue weighted by Crippen LogP contribution is -2.53. The number of imidazole rings is 1. The second-order valence-electron chi connectivity index (χ2n) is 3.97. The van der Waals surface area contributed by atoms with Crippen LogP contribution in [0.15, 0.2) is 12.5 Å². The molecule has 0 unspecified atom stereocenters. The van der Waals surface area contributed by atoms with E-state index < -0.39 is 30.1 Å². The predicted octanol–water partition coefficient (Wildman–Crippen LogP) is -1.20. The standard InChI is InChI=1S/C10H16N4O4/c1-5(8(11)10(17)18)14-7(9(15)16)2-6-3-12-4-13-6/h3-5,7-8,14H,2,11H2,1H3,(H,12,13)(H,15,16)(H,17,18)/t5-,7-,8+/m0/s1. The van der Waals surface area contributed by atoms with Crippen LogP contribution in [0.25, 0.3) is 0 Å². The fraction of sp³-hybridized carbons (Fsp3) is 0.500. The summed E-state index contributed by atoms with van der Waals surface area (Å²) in [5, 5.41) is 20.5. The SMILES string of the molecule is C[C@H](N[C@@H](Cc1c[nH]cn1)C(=O)O)[C@@H](N)C(=O)O. The van der Waals surface area contributed by atoms with Gasteiger partial charge in [0.1, 0.15) is 12.1 Å². The first-order valence-electron chi connectivity index (χ1n) is 5.36. The normalized spacial score (nSPS) is 15.9. The number of aromatic amines is 1. The van der Waals surface area contributed by atoms with Gasteiger partial charge in [-0.2, -0.15) is 0 Å². The van der Waals surface area contributed by atoms with Crippen molar-refractivity contribution >= 4 is 11.9 Å². The Morgan fingerprint density at radius 3 is 2.61 bits per heavy atom. The molecule has 18 heavy (non-hydrogen) atoms. The summed E-state index contributed by atoms with van der Waals surface area (Å²) in [6.07, 6.45) is 3.18. The minimum absolute atomic E-state index is 0.148. The molecule has 0 saturated carbocycles. The van der Waals surface area contributed by atoms with Gasteiger partial charge < -0.3 is 20.9 Å². The second kappa shape index (κ2) is 6.12. The molecule has 1 aromatic rings. The van der Waals surface area contributed by atoms with Gasteiger partial charge in [-0.3, -0.25) is 14.9 Å². The van der Waals surface area contributed by atoms with Crippen molar-refractivity contribution in [1.29, 1.82) is 0 Å². The molecule has 1 heterocycles. The first-order valence-corrected chi connectivity index (χ1v) is 5.36. The van der Waals surface area contributed by atoms with E-state index in [-0.39, 0.29) is 6.42 Å². The number of hydrogen-bond donors (Lipinski definition) is 5. The van der Waals surface area contributed by atoms with E-state index in [0.717, 1.165) is 0 Å². The molecule has 0 bridgehead atoms. The maximum atomic E-state index is 11.1. The van der Waals surface area contributed by atoms with Gasteiger partial charge in [0.2, 0.25) is 0 Å². The van der Waals surface area contributed by atoms with Crippen molar-refractivity contribution in [1.82, 2.24) is 15.3 Å². The van der Waals surface area contributed by atoms with Crippen molar-refractivity contribution in [3.8, 4) is 0 Å². The number of nitrogens with zero attached hydrogens (tertiary/aromatic N) is 1. The van der Waals surface area contributed by atoms with Crippen LogP contribution < -0.4 is 11.1 Å². The van der Waals surface area contributed by atoms with Crippen LogP contribution in [-0.2, 0) is 16.0 Å². The first-order chi connectivity index (χ1) is 8.41. The van der Waals surface area contributed by atoms with Gasteiger partial charge in [-0.15, -0.1) is 0 Å². The fourth-order valence-electron chi connectivity index (χ4n) is 1.46. The largest absolute Gasteiger partial charge is 0.480 e. The van der Waals surface area contributed by atoms with Crippen LogP contribution in [0.2, 0.25) is 0 Å². The summed E-state index contributed by atoms with van der Waals surface area (Å²) in [4.78, 5) is 28.4. The third-order valence-electron chi connectivity index (χ3n) is 2.55. The van der Waals surface area contributed by atoms with Gasteiger partial charge in [0, 0.05) is 18.7 Å². The number of nitrogens with one attached hydrogen (secondary N) is 2. The Balaban J connectivity index is 2.63. The topological polar surface area (TPSA) is 141 Å². The molecule has 8 nitrogen and oxygen atoms in total. The summed E-state index contributed by atoms with van der Waals surface area (Å²) in [5.74, 6) is -2.26. The number of rotatable bonds is 7. The van der Waals surface area contributed by atoms with Gasteiger partial charge in [0.25, 0.3) is 0 Å². The van der Waals surface area contributed by atoms with Crippen molar-refractivity contribution in [2.45, 2.75) is 31.5 Å². The minimum atomic E-state index is -1.18. The number of carbonyl (C=O) groups is 2. The van der Waals surface area contributed by atoms with E-state index in [1.54, 1.807) is 6.20 Å². The summed E-state index contributed by atoms with van der Waals surface area (Å²) < 4.78 is 0. The molecule has 0 fully saturated rings. The zero-order chi connectivity index (χ0) is 13.7. The average Bonchev–Trinajstić information content (AvgIpc) is 2.79. The molecule has 0 aromatic carbocycles. The third kappa shape index (κ3) is 3.82. The Labute approximate surface area is 103 Å². The molecule has 1 rings (SSSR count). The minimum Gasteiger partial charge on any atom is -0.480 e. The highest BCUT2D eigenvalue weighted by molar-refractivity contribution is 5.75. The summed E-state index contributed by atoms with van der Waals surface area (Å²) in [6.45, 7) is 1.53. The van der Waals surface area contributed by atoms with Crippen molar-refractivity contribution in [3.05, 3.63) is 18.2 Å². The van der Waals surface area contributed by atoms with E-state index in [0.29, 0.717) is 5.69 Å². The average molecular weight is 256 g/mol. The van der Waals surface area contributed by atoms with Gasteiger partial charge in [-0.05, 0) is 6.92 Å². The lowest BCUT2D eigenvalue weighted by molar-refractivity contribution is -0.142. The number of aromatic nitrogens is 2. The number of carboxylic acids is 2. The lowest BCUT2D eigenvalue weighted by atomic mass is 10.1. The highest BCUT2D eigenvalue weighted by Crippen LogP contribution is 2.01. The zero-order valence-corrected chi connectivity index (χ0v) is 9.83. The number of aliphatic carboxylic acids is 2. The van der Waals surface area contributed by atoms with Crippen molar-refractivity contribution in [2.75, 3.05) is 0 Å². The number of H-pyrrole nitrogens is 1. The summed E-state index contributed by atoms with van der Waals surface area (Å²) >= 11 is 0. The van der Waals surface area contributed by atoms with Crippen LogP contribution in [0.1, 0.15) is 12.6 Å². The van der Waals surface area contributed by atoms with E-state index >= 15 is 0 Å². The Morgan fingerprint density at radius 1 is 1.50 bits per heavy atom. The Kier molecular flexibility index (Phi) is 4.81. The van der Waals surface area contributed by atoms with E-state index in [2.05, 4.69) is 15.3 Å². The van der Waals surface area contributed by atoms with Gasteiger partial charge in [0.15, 0.2) is 0 Å². The van der Waals surface area contributed by atoms with E-state index in [9.17, 15) is 9.59 Å². The summed E-state index contributed by atoms with van der Waals surface area (Å²) in [7, 11) is 0. The highest BCUT2D eigenvalue weighted by atomic mass is 16.4. The number of hydrogen-bond acceptors (Lipinski definition) is 5. The van der Waals surface area contributed by atoms with Gasteiger partial charge in [0.05, 0.1) is 12.0 Å². The summed E-state index contributed by atoms with van der Waals surface area (Å²) in [5.41, 5.74) is 5.98. The molecule has 0 saturated heterocycles. The molecule has 0 aliphatic rings. The second-order valence-corrected chi connectivity index (χ2v) is 3.97. The molecule has 6 N–H and O–H groups in total. The van der Waals surface area contributed by atoms with Crippen LogP contribution >= 0.6 is 0 Å². The Bertz CT molecular complexity index is 406.